The average molecular weight is 285 g/mol. The maximum atomic E-state index is 5.67. The second-order valence-electron chi connectivity index (χ2n) is 4.87. The van der Waals surface area contributed by atoms with Gasteiger partial charge >= 0.3 is 0 Å². The Morgan fingerprint density at radius 2 is 2.05 bits per heavy atom. The molecule has 0 amide bonds. The third-order valence-corrected chi connectivity index (χ3v) is 3.13. The molecule has 2 rings (SSSR count). The van der Waals surface area contributed by atoms with Crippen LogP contribution in [0.15, 0.2) is 53.2 Å². The van der Waals surface area contributed by atoms with Gasteiger partial charge < -0.3 is 14.5 Å². The van der Waals surface area contributed by atoms with E-state index in [0.717, 1.165) is 30.8 Å². The van der Waals surface area contributed by atoms with Gasteiger partial charge in [0.25, 0.3) is 0 Å². The van der Waals surface area contributed by atoms with Crippen LogP contribution in [0.4, 0.5) is 0 Å². The number of rotatable bonds is 9. The summed E-state index contributed by atoms with van der Waals surface area (Å²) in [6, 6.07) is 12.2. The predicted molar refractivity (Wildman–Crippen MR) is 85.8 cm³/mol. The lowest BCUT2D eigenvalue weighted by Crippen LogP contribution is -2.14. The van der Waals surface area contributed by atoms with Crippen LogP contribution in [0, 0.1) is 0 Å². The maximum Gasteiger partial charge on any atom is 0.123 e. The van der Waals surface area contributed by atoms with Crippen LogP contribution in [-0.4, -0.2) is 13.2 Å². The number of benzene rings is 1. The van der Waals surface area contributed by atoms with E-state index < -0.39 is 0 Å². The van der Waals surface area contributed by atoms with Crippen LogP contribution >= 0.6 is 0 Å². The lowest BCUT2D eigenvalue weighted by atomic mass is 10.2. The second-order valence-corrected chi connectivity index (χ2v) is 4.87. The second kappa shape index (κ2) is 9.16. The first-order valence-corrected chi connectivity index (χ1v) is 7.45. The standard InChI is InChI=1S/C18H23NO2/c1-2-11-19-14-18-17(10-13-21-18)15-20-12-6-9-16-7-4-3-5-8-16/h3-10,13,19H,2,11-12,14-15H2,1H3. The molecule has 0 bridgehead atoms. The van der Waals surface area contributed by atoms with Gasteiger partial charge in [0, 0.05) is 5.56 Å². The van der Waals surface area contributed by atoms with Gasteiger partial charge in [0.05, 0.1) is 26.0 Å². The zero-order chi connectivity index (χ0) is 14.8. The van der Waals surface area contributed by atoms with Crippen molar-refractivity contribution in [3.8, 4) is 0 Å². The molecule has 0 saturated carbocycles. The van der Waals surface area contributed by atoms with E-state index >= 15 is 0 Å². The van der Waals surface area contributed by atoms with E-state index in [4.69, 9.17) is 9.15 Å². The van der Waals surface area contributed by atoms with Crippen molar-refractivity contribution in [3.05, 3.63) is 65.6 Å². The molecule has 0 radical (unpaired) electrons. The summed E-state index contributed by atoms with van der Waals surface area (Å²) in [4.78, 5) is 0. The van der Waals surface area contributed by atoms with Crippen LogP contribution < -0.4 is 5.32 Å². The number of ether oxygens (including phenoxy) is 1. The Labute approximate surface area is 126 Å². The topological polar surface area (TPSA) is 34.4 Å². The van der Waals surface area contributed by atoms with Crippen LogP contribution in [-0.2, 0) is 17.9 Å². The SMILES string of the molecule is CCCNCc1occc1COCC=Cc1ccccc1. The van der Waals surface area contributed by atoms with Gasteiger partial charge in [-0.3, -0.25) is 0 Å². The van der Waals surface area contributed by atoms with E-state index in [-0.39, 0.29) is 0 Å². The molecule has 0 unspecified atom stereocenters. The van der Waals surface area contributed by atoms with Crippen molar-refractivity contribution in [1.82, 2.24) is 5.32 Å². The summed E-state index contributed by atoms with van der Waals surface area (Å²) < 4.78 is 11.1. The van der Waals surface area contributed by atoms with Crippen LogP contribution in [0.2, 0.25) is 0 Å². The molecule has 21 heavy (non-hydrogen) atoms. The Morgan fingerprint density at radius 1 is 1.19 bits per heavy atom. The molecule has 3 heteroatoms. The molecule has 0 aliphatic heterocycles. The number of furan rings is 1. The summed E-state index contributed by atoms with van der Waals surface area (Å²) in [6.45, 7) is 5.10. The van der Waals surface area contributed by atoms with E-state index in [1.165, 1.54) is 5.56 Å². The summed E-state index contributed by atoms with van der Waals surface area (Å²) >= 11 is 0. The zero-order valence-corrected chi connectivity index (χ0v) is 12.5. The molecule has 1 heterocycles. The molecule has 0 saturated heterocycles. The Bertz CT molecular complexity index is 531. The average Bonchev–Trinajstić information content (AvgIpc) is 2.96. The molecule has 0 spiro atoms. The lowest BCUT2D eigenvalue weighted by Gasteiger charge is -2.04. The van der Waals surface area contributed by atoms with Gasteiger partial charge in [-0.15, -0.1) is 0 Å². The van der Waals surface area contributed by atoms with Crippen LogP contribution in [0.1, 0.15) is 30.2 Å². The fraction of sp³-hybridized carbons (Fsp3) is 0.333. The Kier molecular flexibility index (Phi) is 6.78. The summed E-state index contributed by atoms with van der Waals surface area (Å²) in [7, 11) is 0. The minimum absolute atomic E-state index is 0.582. The molecule has 2 aromatic rings. The van der Waals surface area contributed by atoms with Gasteiger partial charge in [-0.25, -0.2) is 0 Å². The molecule has 3 nitrogen and oxygen atoms in total. The fourth-order valence-electron chi connectivity index (χ4n) is 2.01. The molecule has 0 atom stereocenters. The van der Waals surface area contributed by atoms with Crippen molar-refractivity contribution in [1.29, 1.82) is 0 Å². The summed E-state index contributed by atoms with van der Waals surface area (Å²) in [5.74, 6) is 0.968. The molecule has 0 aliphatic rings. The van der Waals surface area contributed by atoms with Gasteiger partial charge in [0.1, 0.15) is 5.76 Å². The van der Waals surface area contributed by atoms with Crippen molar-refractivity contribution in [2.75, 3.05) is 13.2 Å². The summed E-state index contributed by atoms with van der Waals surface area (Å²) in [6.07, 6.45) is 6.95. The highest BCUT2D eigenvalue weighted by atomic mass is 16.5. The van der Waals surface area contributed by atoms with Crippen molar-refractivity contribution in [2.45, 2.75) is 26.5 Å². The first-order chi connectivity index (χ1) is 10.4. The monoisotopic (exact) mass is 285 g/mol. The smallest absolute Gasteiger partial charge is 0.123 e. The minimum atomic E-state index is 0.582. The molecule has 112 valence electrons. The van der Waals surface area contributed by atoms with Gasteiger partial charge in [-0.2, -0.15) is 0 Å². The number of hydrogen-bond acceptors (Lipinski definition) is 3. The van der Waals surface area contributed by atoms with Gasteiger partial charge in [0.2, 0.25) is 0 Å². The largest absolute Gasteiger partial charge is 0.468 e. The third-order valence-electron chi connectivity index (χ3n) is 3.13. The van der Waals surface area contributed by atoms with E-state index in [9.17, 15) is 0 Å². The lowest BCUT2D eigenvalue weighted by molar-refractivity contribution is 0.147. The van der Waals surface area contributed by atoms with Crippen LogP contribution in [0.5, 0.6) is 0 Å². The highest BCUT2D eigenvalue weighted by Gasteiger charge is 2.05. The Morgan fingerprint density at radius 3 is 2.86 bits per heavy atom. The van der Waals surface area contributed by atoms with Gasteiger partial charge in [0.15, 0.2) is 0 Å². The van der Waals surface area contributed by atoms with E-state index in [1.54, 1.807) is 6.26 Å². The van der Waals surface area contributed by atoms with E-state index in [1.807, 2.05) is 30.3 Å². The number of hydrogen-bond donors (Lipinski definition) is 1. The van der Waals surface area contributed by atoms with Crippen LogP contribution in [0.3, 0.4) is 0 Å². The highest BCUT2D eigenvalue weighted by Crippen LogP contribution is 2.11. The molecule has 1 aromatic carbocycles. The Hall–Kier alpha value is -1.84. The summed E-state index contributed by atoms with van der Waals surface area (Å²) in [5.41, 5.74) is 2.31. The van der Waals surface area contributed by atoms with Crippen molar-refractivity contribution >= 4 is 6.08 Å². The summed E-state index contributed by atoms with van der Waals surface area (Å²) in [5, 5.41) is 3.34. The van der Waals surface area contributed by atoms with Gasteiger partial charge in [-0.05, 0) is 24.6 Å². The molecule has 0 fully saturated rings. The number of nitrogens with one attached hydrogen (secondary N) is 1. The molecule has 0 aliphatic carbocycles. The maximum absolute atomic E-state index is 5.67. The molecular formula is C18H23NO2. The van der Waals surface area contributed by atoms with Crippen molar-refractivity contribution in [2.24, 2.45) is 0 Å². The van der Waals surface area contributed by atoms with E-state index in [0.29, 0.717) is 13.2 Å². The van der Waals surface area contributed by atoms with Crippen molar-refractivity contribution in [3.63, 3.8) is 0 Å². The first kappa shape index (κ1) is 15.5. The quantitative estimate of drug-likeness (QED) is 0.707. The highest BCUT2D eigenvalue weighted by molar-refractivity contribution is 5.48. The predicted octanol–water partition coefficient (Wildman–Crippen LogP) is 4.01. The van der Waals surface area contributed by atoms with E-state index in [2.05, 4.69) is 30.4 Å². The minimum Gasteiger partial charge on any atom is -0.468 e. The zero-order valence-electron chi connectivity index (χ0n) is 12.5. The van der Waals surface area contributed by atoms with Crippen LogP contribution in [0.25, 0.3) is 6.08 Å². The fourth-order valence-corrected chi connectivity index (χ4v) is 2.01. The first-order valence-electron chi connectivity index (χ1n) is 7.45. The Balaban J connectivity index is 1.71. The van der Waals surface area contributed by atoms with Crippen molar-refractivity contribution < 1.29 is 9.15 Å². The molecule has 1 aromatic heterocycles. The molecular weight excluding hydrogens is 262 g/mol. The third kappa shape index (κ3) is 5.58. The normalized spacial score (nSPS) is 11.3. The van der Waals surface area contributed by atoms with Gasteiger partial charge in [-0.1, -0.05) is 49.4 Å². The molecule has 1 N–H and O–H groups in total.